The number of phenolic OH excluding ortho intramolecular Hbond substituents is 1. The van der Waals surface area contributed by atoms with Crippen LogP contribution in [0, 0.1) is 6.92 Å². The zero-order chi connectivity index (χ0) is 17.6. The van der Waals surface area contributed by atoms with E-state index < -0.39 is 0 Å². The van der Waals surface area contributed by atoms with Crippen molar-refractivity contribution >= 4 is 0 Å². The van der Waals surface area contributed by atoms with Gasteiger partial charge in [-0.05, 0) is 37.5 Å². The molecule has 6 heteroatoms. The van der Waals surface area contributed by atoms with Gasteiger partial charge in [-0.3, -0.25) is 4.90 Å². The highest BCUT2D eigenvalue weighted by Crippen LogP contribution is 2.45. The van der Waals surface area contributed by atoms with Crippen LogP contribution < -0.4 is 9.47 Å². The lowest BCUT2D eigenvalue weighted by Gasteiger charge is -2.35. The van der Waals surface area contributed by atoms with E-state index >= 15 is 0 Å². The summed E-state index contributed by atoms with van der Waals surface area (Å²) in [7, 11) is 3.11. The fourth-order valence-electron chi connectivity index (χ4n) is 4.17. The Hall–Kier alpha value is -2.34. The van der Waals surface area contributed by atoms with Gasteiger partial charge in [0.1, 0.15) is 5.82 Å². The van der Waals surface area contributed by atoms with Gasteiger partial charge in [-0.15, -0.1) is 0 Å². The average Bonchev–Trinajstić information content (AvgIpc) is 2.88. The van der Waals surface area contributed by atoms with Gasteiger partial charge in [0, 0.05) is 36.8 Å². The molecule has 0 radical (unpaired) electrons. The summed E-state index contributed by atoms with van der Waals surface area (Å²) in [6.45, 7) is 2.74. The minimum absolute atomic E-state index is 0.0459. The van der Waals surface area contributed by atoms with E-state index in [9.17, 15) is 5.11 Å². The van der Waals surface area contributed by atoms with E-state index in [0.717, 1.165) is 30.8 Å². The molecule has 6 nitrogen and oxygen atoms in total. The Morgan fingerprint density at radius 3 is 2.60 bits per heavy atom. The molecule has 2 atom stereocenters. The van der Waals surface area contributed by atoms with E-state index in [2.05, 4.69) is 14.9 Å². The summed E-state index contributed by atoms with van der Waals surface area (Å²) < 4.78 is 10.6. The van der Waals surface area contributed by atoms with Gasteiger partial charge in [-0.2, -0.15) is 0 Å². The van der Waals surface area contributed by atoms with E-state index in [1.807, 2.05) is 25.3 Å². The number of hydrogen-bond donors (Lipinski definition) is 1. The monoisotopic (exact) mass is 341 g/mol. The Morgan fingerprint density at radius 2 is 1.92 bits per heavy atom. The molecule has 1 fully saturated rings. The van der Waals surface area contributed by atoms with E-state index in [0.29, 0.717) is 23.6 Å². The molecule has 0 saturated carbocycles. The van der Waals surface area contributed by atoms with Crippen LogP contribution in [0.2, 0.25) is 0 Å². The van der Waals surface area contributed by atoms with Gasteiger partial charge < -0.3 is 14.6 Å². The molecule has 2 aliphatic rings. The van der Waals surface area contributed by atoms with Gasteiger partial charge in [-0.25, -0.2) is 9.97 Å². The molecule has 0 spiro atoms. The Kier molecular flexibility index (Phi) is 4.00. The van der Waals surface area contributed by atoms with Gasteiger partial charge in [0.2, 0.25) is 5.75 Å². The summed E-state index contributed by atoms with van der Waals surface area (Å²) in [6.07, 6.45) is 5.28. The standard InChI is InChI=1S/C19H23N3O3/c1-11-20-9-14-15(21-11)8-13-4-5-16(14)22(13)10-12-6-17(24-2)19(23)18(7-12)25-3/h6-7,9,13,16,23H,4-5,8,10H2,1-3H3/t13-,16-/m1/s1. The molecule has 1 saturated heterocycles. The first kappa shape index (κ1) is 16.1. The summed E-state index contributed by atoms with van der Waals surface area (Å²) in [4.78, 5) is 11.6. The lowest BCUT2D eigenvalue weighted by atomic mass is 9.98. The maximum absolute atomic E-state index is 10.1. The van der Waals surface area contributed by atoms with Crippen molar-refractivity contribution in [3.8, 4) is 17.2 Å². The Balaban J connectivity index is 1.65. The topological polar surface area (TPSA) is 67.7 Å². The van der Waals surface area contributed by atoms with Crippen LogP contribution in [0.25, 0.3) is 0 Å². The third-order valence-electron chi connectivity index (χ3n) is 5.36. The van der Waals surface area contributed by atoms with Crippen molar-refractivity contribution in [3.05, 3.63) is 41.0 Å². The second-order valence-electron chi connectivity index (χ2n) is 6.79. The van der Waals surface area contributed by atoms with Crippen LogP contribution >= 0.6 is 0 Å². The normalized spacial score (nSPS) is 21.9. The Labute approximate surface area is 147 Å². The molecule has 132 valence electrons. The molecule has 1 aromatic heterocycles. The molecule has 0 aliphatic carbocycles. The van der Waals surface area contributed by atoms with Gasteiger partial charge in [-0.1, -0.05) is 0 Å². The molecule has 2 aromatic rings. The molecular weight excluding hydrogens is 318 g/mol. The van der Waals surface area contributed by atoms with Gasteiger partial charge in [0.15, 0.2) is 11.5 Å². The summed E-state index contributed by atoms with van der Waals surface area (Å²) in [5.41, 5.74) is 3.54. The maximum atomic E-state index is 10.1. The second kappa shape index (κ2) is 6.19. The van der Waals surface area contributed by atoms with Crippen LogP contribution in [0.5, 0.6) is 17.2 Å². The summed E-state index contributed by atoms with van der Waals surface area (Å²) in [6, 6.07) is 4.63. The highest BCUT2D eigenvalue weighted by atomic mass is 16.5. The average molecular weight is 341 g/mol. The van der Waals surface area contributed by atoms with Crippen molar-refractivity contribution in [1.29, 1.82) is 0 Å². The lowest BCUT2D eigenvalue weighted by molar-refractivity contribution is 0.165. The van der Waals surface area contributed by atoms with E-state index in [-0.39, 0.29) is 5.75 Å². The van der Waals surface area contributed by atoms with E-state index in [1.165, 1.54) is 17.7 Å². The summed E-state index contributed by atoms with van der Waals surface area (Å²) in [5.74, 6) is 1.78. The highest BCUT2D eigenvalue weighted by Gasteiger charge is 2.40. The number of methoxy groups -OCH3 is 2. The molecule has 2 bridgehead atoms. The van der Waals surface area contributed by atoms with Crippen molar-refractivity contribution in [3.63, 3.8) is 0 Å². The number of benzene rings is 1. The third-order valence-corrected chi connectivity index (χ3v) is 5.36. The van der Waals surface area contributed by atoms with Gasteiger partial charge in [0.25, 0.3) is 0 Å². The smallest absolute Gasteiger partial charge is 0.200 e. The van der Waals surface area contributed by atoms with E-state index in [4.69, 9.17) is 9.47 Å². The van der Waals surface area contributed by atoms with Crippen molar-refractivity contribution in [1.82, 2.24) is 14.9 Å². The van der Waals surface area contributed by atoms with E-state index in [1.54, 1.807) is 14.2 Å². The fourth-order valence-corrected chi connectivity index (χ4v) is 4.17. The summed E-state index contributed by atoms with van der Waals surface area (Å²) in [5, 5.41) is 10.1. The fraction of sp³-hybridized carbons (Fsp3) is 0.474. The first-order chi connectivity index (χ1) is 12.1. The molecule has 3 heterocycles. The van der Waals surface area contributed by atoms with Gasteiger partial charge >= 0.3 is 0 Å². The number of aromatic hydroxyl groups is 1. The second-order valence-corrected chi connectivity index (χ2v) is 6.79. The first-order valence-corrected chi connectivity index (χ1v) is 8.62. The van der Waals surface area contributed by atoms with Crippen LogP contribution in [0.15, 0.2) is 18.3 Å². The quantitative estimate of drug-likeness (QED) is 0.922. The number of aryl methyl sites for hydroxylation is 1. The molecule has 0 amide bonds. The molecular formula is C19H23N3O3. The SMILES string of the molecule is COc1cc(CN2[C@@H]3CC[C@@H]2c2cnc(C)nc2C3)cc(OC)c1O. The number of fused-ring (bicyclic) bond motifs is 4. The van der Waals surface area contributed by atoms with Crippen LogP contribution in [-0.2, 0) is 13.0 Å². The van der Waals surface area contributed by atoms with Crippen molar-refractivity contribution in [2.24, 2.45) is 0 Å². The number of phenols is 1. The largest absolute Gasteiger partial charge is 0.502 e. The Bertz CT molecular complexity index is 783. The molecule has 1 aromatic carbocycles. The molecule has 1 N–H and O–H groups in total. The third kappa shape index (κ3) is 2.70. The van der Waals surface area contributed by atoms with Crippen molar-refractivity contribution in [2.75, 3.05) is 14.2 Å². The first-order valence-electron chi connectivity index (χ1n) is 8.62. The minimum atomic E-state index is 0.0459. The predicted octanol–water partition coefficient (Wildman–Crippen LogP) is 2.77. The minimum Gasteiger partial charge on any atom is -0.502 e. The number of nitrogens with zero attached hydrogens (tertiary/aromatic N) is 3. The predicted molar refractivity (Wildman–Crippen MR) is 93.0 cm³/mol. The van der Waals surface area contributed by atoms with Crippen LogP contribution in [-0.4, -0.2) is 40.2 Å². The molecule has 4 rings (SSSR count). The zero-order valence-corrected chi connectivity index (χ0v) is 14.8. The summed E-state index contributed by atoms with van der Waals surface area (Å²) >= 11 is 0. The zero-order valence-electron chi connectivity index (χ0n) is 14.8. The molecule has 2 aliphatic heterocycles. The number of aromatic nitrogens is 2. The Morgan fingerprint density at radius 1 is 1.20 bits per heavy atom. The van der Waals surface area contributed by atoms with Gasteiger partial charge in [0.05, 0.1) is 19.9 Å². The lowest BCUT2D eigenvalue weighted by Crippen LogP contribution is -2.37. The number of ether oxygens (including phenoxy) is 2. The van der Waals surface area contributed by atoms with Crippen molar-refractivity contribution in [2.45, 2.75) is 44.8 Å². The maximum Gasteiger partial charge on any atom is 0.200 e. The molecule has 25 heavy (non-hydrogen) atoms. The highest BCUT2D eigenvalue weighted by molar-refractivity contribution is 5.52. The van der Waals surface area contributed by atoms with Crippen LogP contribution in [0.4, 0.5) is 0 Å². The van der Waals surface area contributed by atoms with Crippen molar-refractivity contribution < 1.29 is 14.6 Å². The number of hydrogen-bond acceptors (Lipinski definition) is 6. The van der Waals surface area contributed by atoms with Crippen LogP contribution in [0.3, 0.4) is 0 Å². The van der Waals surface area contributed by atoms with Crippen LogP contribution in [0.1, 0.15) is 41.5 Å². The number of rotatable bonds is 4. The molecule has 0 unspecified atom stereocenters.